The molecular weight excluding hydrogens is 174 g/mol. The van der Waals surface area contributed by atoms with Gasteiger partial charge >= 0.3 is 0 Å². The second kappa shape index (κ2) is 4.33. The summed E-state index contributed by atoms with van der Waals surface area (Å²) in [7, 11) is 1.60. The standard InChI is InChI=1S/C9H12ClNO/c1-12-9-6-7(4-5-11)2-3-8(9)10/h2-3,6H,4-5,11H2,1H3. The lowest BCUT2D eigenvalue weighted by molar-refractivity contribution is 0.414. The van der Waals surface area contributed by atoms with Crippen molar-refractivity contribution in [2.45, 2.75) is 6.42 Å². The fraction of sp³-hybridized carbons (Fsp3) is 0.333. The van der Waals surface area contributed by atoms with Gasteiger partial charge in [0, 0.05) is 0 Å². The topological polar surface area (TPSA) is 35.2 Å². The van der Waals surface area contributed by atoms with Gasteiger partial charge in [-0.25, -0.2) is 0 Å². The lowest BCUT2D eigenvalue weighted by atomic mass is 10.1. The zero-order valence-corrected chi connectivity index (χ0v) is 7.77. The van der Waals surface area contributed by atoms with Crippen LogP contribution in [0.2, 0.25) is 5.02 Å². The molecule has 0 aromatic heterocycles. The van der Waals surface area contributed by atoms with Gasteiger partial charge < -0.3 is 10.5 Å². The first-order valence-electron chi connectivity index (χ1n) is 3.80. The van der Waals surface area contributed by atoms with Crippen LogP contribution < -0.4 is 10.5 Å². The van der Waals surface area contributed by atoms with Gasteiger partial charge in [-0.05, 0) is 30.7 Å². The van der Waals surface area contributed by atoms with E-state index in [1.807, 2.05) is 18.2 Å². The Morgan fingerprint density at radius 1 is 1.50 bits per heavy atom. The third-order valence-electron chi connectivity index (χ3n) is 1.65. The summed E-state index contributed by atoms with van der Waals surface area (Å²) in [6, 6.07) is 5.69. The Hall–Kier alpha value is -0.730. The van der Waals surface area contributed by atoms with E-state index in [0.717, 1.165) is 12.0 Å². The van der Waals surface area contributed by atoms with Gasteiger partial charge in [0.1, 0.15) is 5.75 Å². The summed E-state index contributed by atoms with van der Waals surface area (Å²) in [5, 5.41) is 0.637. The molecule has 0 saturated heterocycles. The highest BCUT2D eigenvalue weighted by atomic mass is 35.5. The molecule has 0 amide bonds. The number of nitrogens with two attached hydrogens (primary N) is 1. The van der Waals surface area contributed by atoms with E-state index in [1.165, 1.54) is 0 Å². The molecule has 0 bridgehead atoms. The summed E-state index contributed by atoms with van der Waals surface area (Å²) in [5.41, 5.74) is 6.57. The molecule has 2 nitrogen and oxygen atoms in total. The molecule has 0 unspecified atom stereocenters. The highest BCUT2D eigenvalue weighted by molar-refractivity contribution is 6.32. The summed E-state index contributed by atoms with van der Waals surface area (Å²) in [6.45, 7) is 0.644. The van der Waals surface area contributed by atoms with Crippen molar-refractivity contribution in [3.63, 3.8) is 0 Å². The molecule has 1 aromatic carbocycles. The lowest BCUT2D eigenvalue weighted by Gasteiger charge is -2.04. The van der Waals surface area contributed by atoms with E-state index in [9.17, 15) is 0 Å². The average Bonchev–Trinajstić information content (AvgIpc) is 2.09. The van der Waals surface area contributed by atoms with Crippen LogP contribution >= 0.6 is 11.6 Å². The lowest BCUT2D eigenvalue weighted by Crippen LogP contribution is -2.02. The van der Waals surface area contributed by atoms with Crippen LogP contribution in [0.5, 0.6) is 5.75 Å². The number of ether oxygens (including phenoxy) is 1. The maximum absolute atomic E-state index is 5.84. The van der Waals surface area contributed by atoms with Crippen LogP contribution in [0.25, 0.3) is 0 Å². The van der Waals surface area contributed by atoms with E-state index < -0.39 is 0 Å². The van der Waals surface area contributed by atoms with Crippen LogP contribution in [-0.4, -0.2) is 13.7 Å². The molecule has 0 aliphatic heterocycles. The molecule has 2 N–H and O–H groups in total. The van der Waals surface area contributed by atoms with Gasteiger partial charge in [-0.3, -0.25) is 0 Å². The Labute approximate surface area is 77.3 Å². The molecule has 0 heterocycles. The van der Waals surface area contributed by atoms with Crippen LogP contribution in [0.15, 0.2) is 18.2 Å². The maximum atomic E-state index is 5.84. The van der Waals surface area contributed by atoms with Gasteiger partial charge in [0.15, 0.2) is 0 Å². The summed E-state index contributed by atoms with van der Waals surface area (Å²) >= 11 is 5.84. The van der Waals surface area contributed by atoms with Crippen LogP contribution in [0, 0.1) is 0 Å². The molecule has 0 aliphatic rings. The van der Waals surface area contributed by atoms with Crippen molar-refractivity contribution in [1.82, 2.24) is 0 Å². The van der Waals surface area contributed by atoms with Gasteiger partial charge in [-0.1, -0.05) is 17.7 Å². The quantitative estimate of drug-likeness (QED) is 0.780. The Balaban J connectivity index is 2.89. The fourth-order valence-corrected chi connectivity index (χ4v) is 1.22. The van der Waals surface area contributed by atoms with E-state index in [4.69, 9.17) is 22.1 Å². The number of hydrogen-bond acceptors (Lipinski definition) is 2. The van der Waals surface area contributed by atoms with E-state index in [-0.39, 0.29) is 0 Å². The first kappa shape index (κ1) is 9.36. The molecule has 0 radical (unpaired) electrons. The predicted molar refractivity (Wildman–Crippen MR) is 50.8 cm³/mol. The number of methoxy groups -OCH3 is 1. The Morgan fingerprint density at radius 2 is 2.25 bits per heavy atom. The molecule has 1 aromatic rings. The van der Waals surface area contributed by atoms with Crippen molar-refractivity contribution >= 4 is 11.6 Å². The third-order valence-corrected chi connectivity index (χ3v) is 1.96. The van der Waals surface area contributed by atoms with E-state index in [1.54, 1.807) is 7.11 Å². The van der Waals surface area contributed by atoms with Crippen LogP contribution in [0.4, 0.5) is 0 Å². The van der Waals surface area contributed by atoms with Gasteiger partial charge in [0.2, 0.25) is 0 Å². The van der Waals surface area contributed by atoms with Crippen LogP contribution in [0.1, 0.15) is 5.56 Å². The normalized spacial score (nSPS) is 9.92. The molecule has 3 heteroatoms. The second-order valence-electron chi connectivity index (χ2n) is 2.51. The first-order chi connectivity index (χ1) is 5.77. The smallest absolute Gasteiger partial charge is 0.137 e. The zero-order chi connectivity index (χ0) is 8.97. The van der Waals surface area contributed by atoms with Crippen molar-refractivity contribution in [2.24, 2.45) is 5.73 Å². The number of benzene rings is 1. The maximum Gasteiger partial charge on any atom is 0.137 e. The molecule has 0 aliphatic carbocycles. The summed E-state index contributed by atoms with van der Waals surface area (Å²) in [6.07, 6.45) is 0.855. The third kappa shape index (κ3) is 2.13. The highest BCUT2D eigenvalue weighted by Crippen LogP contribution is 2.24. The summed E-state index contributed by atoms with van der Waals surface area (Å²) < 4.78 is 5.06. The first-order valence-corrected chi connectivity index (χ1v) is 4.18. The number of rotatable bonds is 3. The predicted octanol–water partition coefficient (Wildman–Crippen LogP) is 1.85. The van der Waals surface area contributed by atoms with Gasteiger partial charge in [0.05, 0.1) is 12.1 Å². The Bertz CT molecular complexity index is 263. The summed E-state index contributed by atoms with van der Waals surface area (Å²) in [5.74, 6) is 0.711. The van der Waals surface area contributed by atoms with Crippen molar-refractivity contribution in [3.05, 3.63) is 28.8 Å². The highest BCUT2D eigenvalue weighted by Gasteiger charge is 2.00. The molecule has 0 fully saturated rings. The van der Waals surface area contributed by atoms with E-state index in [2.05, 4.69) is 0 Å². The molecule has 12 heavy (non-hydrogen) atoms. The van der Waals surface area contributed by atoms with Crippen LogP contribution in [0.3, 0.4) is 0 Å². The minimum Gasteiger partial charge on any atom is -0.495 e. The molecule has 1 rings (SSSR count). The molecule has 0 atom stereocenters. The Morgan fingerprint density at radius 3 is 2.83 bits per heavy atom. The van der Waals surface area contributed by atoms with Crippen molar-refractivity contribution in [1.29, 1.82) is 0 Å². The van der Waals surface area contributed by atoms with Crippen LogP contribution in [-0.2, 0) is 6.42 Å². The fourth-order valence-electron chi connectivity index (χ4n) is 1.03. The van der Waals surface area contributed by atoms with E-state index in [0.29, 0.717) is 17.3 Å². The zero-order valence-electron chi connectivity index (χ0n) is 7.01. The molecule has 66 valence electrons. The van der Waals surface area contributed by atoms with Gasteiger partial charge in [0.25, 0.3) is 0 Å². The van der Waals surface area contributed by atoms with Crippen molar-refractivity contribution < 1.29 is 4.74 Å². The van der Waals surface area contributed by atoms with Gasteiger partial charge in [-0.15, -0.1) is 0 Å². The molecule has 0 spiro atoms. The minimum atomic E-state index is 0.637. The molecular formula is C9H12ClNO. The Kier molecular flexibility index (Phi) is 3.38. The van der Waals surface area contributed by atoms with E-state index >= 15 is 0 Å². The van der Waals surface area contributed by atoms with Gasteiger partial charge in [-0.2, -0.15) is 0 Å². The monoisotopic (exact) mass is 185 g/mol. The minimum absolute atomic E-state index is 0.637. The average molecular weight is 186 g/mol. The summed E-state index contributed by atoms with van der Waals surface area (Å²) in [4.78, 5) is 0. The largest absolute Gasteiger partial charge is 0.495 e. The van der Waals surface area contributed by atoms with Crippen molar-refractivity contribution in [3.8, 4) is 5.75 Å². The SMILES string of the molecule is COc1cc(CCN)ccc1Cl. The number of hydrogen-bond donors (Lipinski definition) is 1. The van der Waals surface area contributed by atoms with Crippen molar-refractivity contribution in [2.75, 3.05) is 13.7 Å². The second-order valence-corrected chi connectivity index (χ2v) is 2.91. The number of halogens is 1. The molecule has 0 saturated carbocycles.